The largest absolute Gasteiger partial charge is 0.476 e. The van der Waals surface area contributed by atoms with E-state index < -0.39 is 5.97 Å². The highest BCUT2D eigenvalue weighted by Gasteiger charge is 2.24. The first kappa shape index (κ1) is 12.3. The van der Waals surface area contributed by atoms with Crippen molar-refractivity contribution in [2.75, 3.05) is 11.9 Å². The standard InChI is InChI=1S/C14H11N3O3/c1-17-12-5-2-8(6-9(12)7-13(17)18)10-3-4-11(14(19)20)16-15-10/h2-6H,7H2,1H3,(H,19,20). The van der Waals surface area contributed by atoms with E-state index in [1.807, 2.05) is 18.2 Å². The van der Waals surface area contributed by atoms with Crippen molar-refractivity contribution in [1.29, 1.82) is 0 Å². The molecule has 0 bridgehead atoms. The maximum absolute atomic E-state index is 11.6. The minimum atomic E-state index is -1.11. The van der Waals surface area contributed by atoms with Crippen molar-refractivity contribution in [3.63, 3.8) is 0 Å². The summed E-state index contributed by atoms with van der Waals surface area (Å²) in [5.74, 6) is -1.05. The number of hydrogen-bond donors (Lipinski definition) is 1. The van der Waals surface area contributed by atoms with Crippen LogP contribution in [0.4, 0.5) is 5.69 Å². The molecule has 2 aromatic rings. The molecule has 0 spiro atoms. The molecule has 0 aliphatic carbocycles. The maximum atomic E-state index is 11.6. The van der Waals surface area contributed by atoms with E-state index in [1.54, 1.807) is 18.0 Å². The van der Waals surface area contributed by atoms with Crippen molar-refractivity contribution < 1.29 is 14.7 Å². The van der Waals surface area contributed by atoms with Gasteiger partial charge in [-0.3, -0.25) is 4.79 Å². The monoisotopic (exact) mass is 269 g/mol. The number of anilines is 1. The molecule has 0 saturated carbocycles. The Bertz CT molecular complexity index is 710. The van der Waals surface area contributed by atoms with E-state index in [4.69, 9.17) is 5.11 Å². The van der Waals surface area contributed by atoms with E-state index in [9.17, 15) is 9.59 Å². The lowest BCUT2D eigenvalue weighted by Gasteiger charge is -2.10. The summed E-state index contributed by atoms with van der Waals surface area (Å²) < 4.78 is 0. The van der Waals surface area contributed by atoms with Crippen LogP contribution in [0.15, 0.2) is 30.3 Å². The Morgan fingerprint density at radius 1 is 1.25 bits per heavy atom. The number of fused-ring (bicyclic) bond motifs is 1. The minimum Gasteiger partial charge on any atom is -0.476 e. The van der Waals surface area contributed by atoms with Gasteiger partial charge < -0.3 is 10.0 Å². The SMILES string of the molecule is CN1C(=O)Cc2cc(-c3ccc(C(=O)O)nn3)ccc21. The molecule has 6 nitrogen and oxygen atoms in total. The average Bonchev–Trinajstić information content (AvgIpc) is 2.74. The van der Waals surface area contributed by atoms with Crippen molar-refractivity contribution in [2.45, 2.75) is 6.42 Å². The molecule has 6 heteroatoms. The highest BCUT2D eigenvalue weighted by Crippen LogP contribution is 2.31. The van der Waals surface area contributed by atoms with E-state index in [-0.39, 0.29) is 11.6 Å². The van der Waals surface area contributed by atoms with E-state index in [1.165, 1.54) is 6.07 Å². The Kier molecular flexibility index (Phi) is 2.71. The van der Waals surface area contributed by atoms with Gasteiger partial charge in [-0.25, -0.2) is 4.79 Å². The lowest BCUT2D eigenvalue weighted by Crippen LogP contribution is -2.20. The summed E-state index contributed by atoms with van der Waals surface area (Å²) in [6.07, 6.45) is 0.375. The average molecular weight is 269 g/mol. The second kappa shape index (κ2) is 4.41. The molecule has 1 N–H and O–H groups in total. The molecule has 20 heavy (non-hydrogen) atoms. The Hall–Kier alpha value is -2.76. The number of amides is 1. The van der Waals surface area contributed by atoms with Crippen molar-refractivity contribution in [1.82, 2.24) is 10.2 Å². The summed E-state index contributed by atoms with van der Waals surface area (Å²) in [6, 6.07) is 8.62. The zero-order valence-corrected chi connectivity index (χ0v) is 10.7. The Labute approximate surface area is 114 Å². The number of benzene rings is 1. The summed E-state index contributed by atoms with van der Waals surface area (Å²) in [5.41, 5.74) is 3.15. The molecule has 1 amide bonds. The van der Waals surface area contributed by atoms with Crippen LogP contribution in [0, 0.1) is 0 Å². The number of carboxylic acid groups (broad SMARTS) is 1. The topological polar surface area (TPSA) is 83.4 Å². The second-order valence-electron chi connectivity index (χ2n) is 4.58. The highest BCUT2D eigenvalue weighted by atomic mass is 16.4. The molecule has 0 unspecified atom stereocenters. The molecular formula is C14H11N3O3. The third-order valence-electron chi connectivity index (χ3n) is 3.34. The number of likely N-dealkylation sites (N-methyl/N-ethyl adjacent to an activating group) is 1. The van der Waals surface area contributed by atoms with Crippen molar-refractivity contribution in [2.24, 2.45) is 0 Å². The van der Waals surface area contributed by atoms with Crippen molar-refractivity contribution in [3.05, 3.63) is 41.6 Å². The molecule has 1 aromatic heterocycles. The van der Waals surface area contributed by atoms with Crippen LogP contribution in [0.2, 0.25) is 0 Å². The van der Waals surface area contributed by atoms with Crippen LogP contribution in [0.25, 0.3) is 11.3 Å². The molecule has 1 aliphatic rings. The van der Waals surface area contributed by atoms with Crippen molar-refractivity contribution in [3.8, 4) is 11.3 Å². The van der Waals surface area contributed by atoms with Crippen molar-refractivity contribution >= 4 is 17.6 Å². The molecule has 1 aromatic carbocycles. The summed E-state index contributed by atoms with van der Waals surface area (Å²) in [5, 5.41) is 16.3. The summed E-state index contributed by atoms with van der Waals surface area (Å²) in [7, 11) is 1.75. The fourth-order valence-electron chi connectivity index (χ4n) is 2.23. The first-order chi connectivity index (χ1) is 9.56. The first-order valence-electron chi connectivity index (χ1n) is 6.03. The van der Waals surface area contributed by atoms with Gasteiger partial charge in [0.15, 0.2) is 5.69 Å². The molecule has 1 aliphatic heterocycles. The second-order valence-corrected chi connectivity index (χ2v) is 4.58. The van der Waals surface area contributed by atoms with E-state index in [0.29, 0.717) is 12.1 Å². The van der Waals surface area contributed by atoms with Crippen LogP contribution < -0.4 is 4.90 Å². The Morgan fingerprint density at radius 2 is 2.05 bits per heavy atom. The molecule has 100 valence electrons. The quantitative estimate of drug-likeness (QED) is 0.890. The number of hydrogen-bond acceptors (Lipinski definition) is 4. The number of carbonyl (C=O) groups is 2. The van der Waals surface area contributed by atoms with Gasteiger partial charge in [0, 0.05) is 18.3 Å². The summed E-state index contributed by atoms with van der Waals surface area (Å²) >= 11 is 0. The van der Waals surface area contributed by atoms with Gasteiger partial charge in [0.2, 0.25) is 5.91 Å². The molecule has 0 atom stereocenters. The predicted octanol–water partition coefficient (Wildman–Crippen LogP) is 1.36. The number of rotatable bonds is 2. The van der Waals surface area contributed by atoms with Crippen LogP contribution in [0.1, 0.15) is 16.1 Å². The van der Waals surface area contributed by atoms with Gasteiger partial charge in [-0.05, 0) is 29.8 Å². The van der Waals surface area contributed by atoms with Crippen LogP contribution in [-0.2, 0) is 11.2 Å². The van der Waals surface area contributed by atoms with Gasteiger partial charge in [-0.1, -0.05) is 6.07 Å². The lowest BCUT2D eigenvalue weighted by atomic mass is 10.1. The molecule has 0 fully saturated rings. The van der Waals surface area contributed by atoms with Gasteiger partial charge >= 0.3 is 5.97 Å². The maximum Gasteiger partial charge on any atom is 0.356 e. The highest BCUT2D eigenvalue weighted by molar-refractivity contribution is 6.01. The predicted molar refractivity (Wildman–Crippen MR) is 71.5 cm³/mol. The van der Waals surface area contributed by atoms with Gasteiger partial charge in [0.1, 0.15) is 0 Å². The van der Waals surface area contributed by atoms with E-state index in [0.717, 1.165) is 16.8 Å². The number of carbonyl (C=O) groups excluding carboxylic acids is 1. The molecule has 3 rings (SSSR count). The molecular weight excluding hydrogens is 258 g/mol. The minimum absolute atomic E-state index is 0.0597. The number of nitrogens with zero attached hydrogens (tertiary/aromatic N) is 3. The number of aromatic nitrogens is 2. The third kappa shape index (κ3) is 1.91. The normalized spacial score (nSPS) is 13.4. The van der Waals surface area contributed by atoms with Gasteiger partial charge in [0.05, 0.1) is 12.1 Å². The van der Waals surface area contributed by atoms with Crippen LogP contribution >= 0.6 is 0 Å². The van der Waals surface area contributed by atoms with Gasteiger partial charge in [-0.2, -0.15) is 0 Å². The molecule has 2 heterocycles. The fraction of sp³-hybridized carbons (Fsp3) is 0.143. The van der Waals surface area contributed by atoms with Crippen LogP contribution in [0.3, 0.4) is 0 Å². The van der Waals surface area contributed by atoms with Gasteiger partial charge in [-0.15, -0.1) is 10.2 Å². The third-order valence-corrected chi connectivity index (χ3v) is 3.34. The molecule has 0 saturated heterocycles. The number of aromatic carboxylic acids is 1. The van der Waals surface area contributed by atoms with Crippen LogP contribution in [0.5, 0.6) is 0 Å². The summed E-state index contributed by atoms with van der Waals surface area (Å²) in [6.45, 7) is 0. The fourth-order valence-corrected chi connectivity index (χ4v) is 2.23. The zero-order valence-electron chi connectivity index (χ0n) is 10.7. The zero-order chi connectivity index (χ0) is 14.3. The van der Waals surface area contributed by atoms with E-state index in [2.05, 4.69) is 10.2 Å². The van der Waals surface area contributed by atoms with Gasteiger partial charge in [0.25, 0.3) is 0 Å². The summed E-state index contributed by atoms with van der Waals surface area (Å²) in [4.78, 5) is 24.0. The Morgan fingerprint density at radius 3 is 2.70 bits per heavy atom. The first-order valence-corrected chi connectivity index (χ1v) is 6.03. The lowest BCUT2D eigenvalue weighted by molar-refractivity contribution is -0.117. The smallest absolute Gasteiger partial charge is 0.356 e. The number of carboxylic acids is 1. The Balaban J connectivity index is 1.98. The van der Waals surface area contributed by atoms with E-state index >= 15 is 0 Å². The van der Waals surface area contributed by atoms with Crippen LogP contribution in [-0.4, -0.2) is 34.2 Å². The molecule has 0 radical (unpaired) electrons.